The Balaban J connectivity index is 1.68. The van der Waals surface area contributed by atoms with Gasteiger partial charge in [0.2, 0.25) is 5.71 Å². The molecule has 4 rings (SSSR count). The van der Waals surface area contributed by atoms with E-state index in [-0.39, 0.29) is 17.5 Å². The van der Waals surface area contributed by atoms with E-state index in [0.29, 0.717) is 34.0 Å². The van der Waals surface area contributed by atoms with Gasteiger partial charge in [-0.05, 0) is 33.6 Å². The normalized spacial score (nSPS) is 16.6. The van der Waals surface area contributed by atoms with Gasteiger partial charge in [0, 0.05) is 11.6 Å². The Morgan fingerprint density at radius 3 is 2.84 bits per heavy atom. The number of aromatic nitrogens is 3. The lowest BCUT2D eigenvalue weighted by Gasteiger charge is -2.14. The van der Waals surface area contributed by atoms with E-state index < -0.39 is 0 Å². The Hall–Kier alpha value is -2.90. The molecule has 25 heavy (non-hydrogen) atoms. The molecular weight excluding hydrogens is 322 g/mol. The molecule has 3 aromatic heterocycles. The van der Waals surface area contributed by atoms with Crippen molar-refractivity contribution >= 4 is 22.8 Å². The van der Waals surface area contributed by atoms with Crippen molar-refractivity contribution in [3.8, 4) is 0 Å². The van der Waals surface area contributed by atoms with Gasteiger partial charge in [-0.1, -0.05) is 5.16 Å². The van der Waals surface area contributed by atoms with Crippen LogP contribution in [0.15, 0.2) is 27.5 Å². The van der Waals surface area contributed by atoms with Crippen molar-refractivity contribution in [2.24, 2.45) is 0 Å². The van der Waals surface area contributed by atoms with Crippen LogP contribution < -0.4 is 10.6 Å². The second-order valence-electron chi connectivity index (χ2n) is 6.75. The number of rotatable bonds is 5. The Labute approximate surface area is 144 Å². The first-order valence-electron chi connectivity index (χ1n) is 8.20. The van der Waals surface area contributed by atoms with Gasteiger partial charge in [0.1, 0.15) is 29.9 Å². The van der Waals surface area contributed by atoms with Crippen LogP contribution in [0.1, 0.15) is 54.6 Å². The number of carbonyl (C=O) groups is 1. The third kappa shape index (κ3) is 2.95. The maximum Gasteiger partial charge on any atom is 0.255 e. The van der Waals surface area contributed by atoms with Gasteiger partial charge < -0.3 is 19.6 Å². The molecule has 0 aliphatic heterocycles. The Kier molecular flexibility index (Phi) is 3.48. The van der Waals surface area contributed by atoms with Crippen LogP contribution in [0.4, 0.5) is 5.82 Å². The third-order valence-electron chi connectivity index (χ3n) is 4.46. The van der Waals surface area contributed by atoms with Crippen LogP contribution in [0.2, 0.25) is 0 Å². The lowest BCUT2D eigenvalue weighted by atomic mass is 10.1. The maximum atomic E-state index is 12.7. The molecule has 0 radical (unpaired) electrons. The molecule has 3 heterocycles. The molecule has 1 amide bonds. The zero-order valence-corrected chi connectivity index (χ0v) is 14.3. The van der Waals surface area contributed by atoms with Crippen LogP contribution in [0.25, 0.3) is 11.1 Å². The average Bonchev–Trinajstić information content (AvgIpc) is 2.98. The maximum absolute atomic E-state index is 12.7. The predicted molar refractivity (Wildman–Crippen MR) is 90.2 cm³/mol. The fraction of sp³-hybridized carbons (Fsp3) is 0.412. The Morgan fingerprint density at radius 2 is 2.16 bits per heavy atom. The molecule has 1 fully saturated rings. The molecule has 8 heteroatoms. The largest absolute Gasteiger partial charge is 0.445 e. The first-order chi connectivity index (χ1) is 12.0. The van der Waals surface area contributed by atoms with E-state index in [1.54, 1.807) is 13.0 Å². The van der Waals surface area contributed by atoms with Crippen molar-refractivity contribution in [1.82, 2.24) is 20.4 Å². The average molecular weight is 341 g/mol. The summed E-state index contributed by atoms with van der Waals surface area (Å²) >= 11 is 0. The third-order valence-corrected chi connectivity index (χ3v) is 4.46. The minimum absolute atomic E-state index is 0.0206. The summed E-state index contributed by atoms with van der Waals surface area (Å²) in [4.78, 5) is 21.5. The summed E-state index contributed by atoms with van der Waals surface area (Å²) in [6, 6.07) is 1.42. The quantitative estimate of drug-likeness (QED) is 0.734. The van der Waals surface area contributed by atoms with E-state index in [0.717, 1.165) is 12.8 Å². The minimum Gasteiger partial charge on any atom is -0.445 e. The van der Waals surface area contributed by atoms with E-state index >= 15 is 0 Å². The highest BCUT2D eigenvalue weighted by Gasteiger charge is 2.38. The summed E-state index contributed by atoms with van der Waals surface area (Å²) in [5, 5.41) is 10.8. The molecule has 3 aromatic rings. The summed E-state index contributed by atoms with van der Waals surface area (Å²) < 4.78 is 10.3. The molecule has 0 spiro atoms. The molecular formula is C17H19N5O3. The number of nitrogens with zero attached hydrogens (tertiary/aromatic N) is 3. The molecule has 8 nitrogen and oxygen atoms in total. The van der Waals surface area contributed by atoms with E-state index in [4.69, 9.17) is 8.94 Å². The van der Waals surface area contributed by atoms with E-state index in [9.17, 15) is 4.79 Å². The number of anilines is 1. The topological polar surface area (TPSA) is 106 Å². The highest BCUT2D eigenvalue weighted by atomic mass is 16.5. The van der Waals surface area contributed by atoms with E-state index in [2.05, 4.69) is 32.7 Å². The van der Waals surface area contributed by atoms with Gasteiger partial charge in [-0.2, -0.15) is 4.98 Å². The fourth-order valence-corrected chi connectivity index (χ4v) is 2.70. The molecule has 0 saturated heterocycles. The first-order valence-corrected chi connectivity index (χ1v) is 8.20. The van der Waals surface area contributed by atoms with Crippen molar-refractivity contribution in [3.05, 3.63) is 35.7 Å². The number of furan rings is 1. The molecule has 1 atom stereocenters. The van der Waals surface area contributed by atoms with Crippen molar-refractivity contribution in [2.75, 3.05) is 5.32 Å². The lowest BCUT2D eigenvalue weighted by molar-refractivity contribution is 0.0939. The zero-order valence-electron chi connectivity index (χ0n) is 14.3. The first kappa shape index (κ1) is 15.6. The van der Waals surface area contributed by atoms with Gasteiger partial charge >= 0.3 is 0 Å². The van der Waals surface area contributed by atoms with Crippen LogP contribution in [0.3, 0.4) is 0 Å². The molecule has 1 saturated carbocycles. The minimum atomic E-state index is -0.292. The van der Waals surface area contributed by atoms with Crippen LogP contribution in [-0.4, -0.2) is 26.6 Å². The van der Waals surface area contributed by atoms with Gasteiger partial charge in [0.25, 0.3) is 5.91 Å². The molecule has 1 aliphatic carbocycles. The van der Waals surface area contributed by atoms with Gasteiger partial charge in [0.05, 0.1) is 17.0 Å². The predicted octanol–water partition coefficient (Wildman–Crippen LogP) is 2.97. The van der Waals surface area contributed by atoms with Crippen LogP contribution in [0.5, 0.6) is 0 Å². The van der Waals surface area contributed by atoms with Gasteiger partial charge in [0.15, 0.2) is 0 Å². The van der Waals surface area contributed by atoms with Crippen molar-refractivity contribution in [3.63, 3.8) is 0 Å². The molecule has 0 bridgehead atoms. The number of hydrogen-bond donors (Lipinski definition) is 2. The fourth-order valence-electron chi connectivity index (χ4n) is 2.70. The van der Waals surface area contributed by atoms with Crippen LogP contribution >= 0.6 is 0 Å². The van der Waals surface area contributed by atoms with Crippen molar-refractivity contribution in [2.45, 2.75) is 45.2 Å². The number of fused-ring (bicyclic) bond motifs is 1. The standard InChI is InChI=1S/C17H19N5O3/c1-9(12-4-7-25-22-12)18-15(23)11-8-24-16-13(11)14(19-10(2)20-16)21-17(3)5-6-17/h4,7-9H,5-6H2,1-3H3,(H,18,23)(H,19,20,21). The van der Waals surface area contributed by atoms with Gasteiger partial charge in [-0.3, -0.25) is 4.79 Å². The molecule has 130 valence electrons. The molecule has 2 N–H and O–H groups in total. The summed E-state index contributed by atoms with van der Waals surface area (Å²) in [6.45, 7) is 5.76. The lowest BCUT2D eigenvalue weighted by Crippen LogP contribution is -2.27. The smallest absolute Gasteiger partial charge is 0.255 e. The summed E-state index contributed by atoms with van der Waals surface area (Å²) in [5.74, 6) is 0.956. The number of carbonyl (C=O) groups excluding carboxylic acids is 1. The zero-order chi connectivity index (χ0) is 17.6. The number of amides is 1. The number of aryl methyl sites for hydroxylation is 1. The second kappa shape index (κ2) is 5.58. The van der Waals surface area contributed by atoms with Crippen molar-refractivity contribution in [1.29, 1.82) is 0 Å². The highest BCUT2D eigenvalue weighted by Crippen LogP contribution is 2.40. The highest BCUT2D eigenvalue weighted by molar-refractivity contribution is 6.09. The number of hydrogen-bond acceptors (Lipinski definition) is 7. The Morgan fingerprint density at radius 1 is 1.36 bits per heavy atom. The van der Waals surface area contributed by atoms with Gasteiger partial charge in [-0.15, -0.1) is 0 Å². The van der Waals surface area contributed by atoms with Crippen molar-refractivity contribution < 1.29 is 13.7 Å². The van der Waals surface area contributed by atoms with Crippen LogP contribution in [-0.2, 0) is 0 Å². The second-order valence-corrected chi connectivity index (χ2v) is 6.75. The SMILES string of the molecule is Cc1nc(NC2(C)CC2)c2c(C(=O)NC(C)c3ccon3)coc2n1. The molecule has 1 aliphatic rings. The van der Waals surface area contributed by atoms with E-state index in [1.807, 2.05) is 6.92 Å². The monoisotopic (exact) mass is 341 g/mol. The molecule has 0 aromatic carbocycles. The van der Waals surface area contributed by atoms with E-state index in [1.165, 1.54) is 12.5 Å². The summed E-state index contributed by atoms with van der Waals surface area (Å²) in [6.07, 6.45) is 5.03. The summed E-state index contributed by atoms with van der Waals surface area (Å²) in [5.41, 5.74) is 1.47. The van der Waals surface area contributed by atoms with Gasteiger partial charge in [-0.25, -0.2) is 4.98 Å². The summed E-state index contributed by atoms with van der Waals surface area (Å²) in [7, 11) is 0. The van der Waals surface area contributed by atoms with Crippen LogP contribution in [0, 0.1) is 6.92 Å². The number of nitrogens with one attached hydrogen (secondary N) is 2. The molecule has 1 unspecified atom stereocenters. The Bertz CT molecular complexity index is 927.